The van der Waals surface area contributed by atoms with Crippen molar-refractivity contribution in [2.75, 3.05) is 11.5 Å². The first-order chi connectivity index (χ1) is 9.71. The van der Waals surface area contributed by atoms with Gasteiger partial charge in [0.25, 0.3) is 0 Å². The summed E-state index contributed by atoms with van der Waals surface area (Å²) in [5.74, 6) is -0.304. The molecule has 1 aromatic rings. The number of hydrogen-bond acceptors (Lipinski definition) is 3. The third kappa shape index (κ3) is 4.22. The average molecular weight is 348 g/mol. The van der Waals surface area contributed by atoms with Crippen molar-refractivity contribution in [3.8, 4) is 0 Å². The molecule has 2 rings (SSSR count). The van der Waals surface area contributed by atoms with E-state index in [0.717, 1.165) is 0 Å². The Bertz CT molecular complexity index is 680. The van der Waals surface area contributed by atoms with Crippen LogP contribution < -0.4 is 5.32 Å². The van der Waals surface area contributed by atoms with Gasteiger partial charge in [0.2, 0.25) is 5.91 Å². The molecule has 1 aromatic carbocycles. The summed E-state index contributed by atoms with van der Waals surface area (Å²) < 4.78 is 23.0. The molecule has 1 aliphatic heterocycles. The number of hydrogen-bond donors (Lipinski definition) is 1. The van der Waals surface area contributed by atoms with E-state index in [2.05, 4.69) is 5.32 Å². The smallest absolute Gasteiger partial charge is 0.244 e. The summed E-state index contributed by atoms with van der Waals surface area (Å²) in [5, 5.41) is 3.62. The van der Waals surface area contributed by atoms with Crippen LogP contribution in [0.4, 0.5) is 0 Å². The minimum Gasteiger partial charge on any atom is -0.346 e. The van der Waals surface area contributed by atoms with Crippen LogP contribution in [0.5, 0.6) is 0 Å². The highest BCUT2D eigenvalue weighted by Crippen LogP contribution is 2.26. The molecule has 1 aliphatic rings. The van der Waals surface area contributed by atoms with Crippen LogP contribution >= 0.6 is 23.2 Å². The molecular weight excluding hydrogens is 333 g/mol. The van der Waals surface area contributed by atoms with Crippen molar-refractivity contribution in [3.63, 3.8) is 0 Å². The van der Waals surface area contributed by atoms with Gasteiger partial charge in [-0.3, -0.25) is 4.79 Å². The zero-order chi connectivity index (χ0) is 15.7. The third-order valence-electron chi connectivity index (χ3n) is 3.33. The SMILES string of the molecule is CC1(NC(=O)C=Cc2c(Cl)cccc2Cl)CCS(=O)(=O)C1. The van der Waals surface area contributed by atoms with E-state index in [0.29, 0.717) is 22.0 Å². The lowest BCUT2D eigenvalue weighted by atomic mass is 10.0. The number of carbonyl (C=O) groups is 1. The summed E-state index contributed by atoms with van der Waals surface area (Å²) in [5.41, 5.74) is -0.162. The molecule has 21 heavy (non-hydrogen) atoms. The van der Waals surface area contributed by atoms with Gasteiger partial charge >= 0.3 is 0 Å². The summed E-state index contributed by atoms with van der Waals surface area (Å²) in [6.07, 6.45) is 3.25. The van der Waals surface area contributed by atoms with E-state index < -0.39 is 15.4 Å². The summed E-state index contributed by atoms with van der Waals surface area (Å²) >= 11 is 12.0. The van der Waals surface area contributed by atoms with E-state index in [-0.39, 0.29) is 17.4 Å². The average Bonchev–Trinajstić information content (AvgIpc) is 2.62. The highest BCUT2D eigenvalue weighted by atomic mass is 35.5. The van der Waals surface area contributed by atoms with E-state index in [1.807, 2.05) is 0 Å². The van der Waals surface area contributed by atoms with Gasteiger partial charge in [0.1, 0.15) is 0 Å². The maximum absolute atomic E-state index is 11.9. The van der Waals surface area contributed by atoms with Gasteiger partial charge in [-0.05, 0) is 31.6 Å². The van der Waals surface area contributed by atoms with Crippen molar-refractivity contribution in [1.29, 1.82) is 0 Å². The van der Waals surface area contributed by atoms with Gasteiger partial charge < -0.3 is 5.32 Å². The van der Waals surface area contributed by atoms with Crippen molar-refractivity contribution < 1.29 is 13.2 Å². The third-order valence-corrected chi connectivity index (χ3v) is 5.89. The van der Waals surface area contributed by atoms with Crippen LogP contribution in [0.2, 0.25) is 10.0 Å². The minimum absolute atomic E-state index is 0.0353. The molecule has 1 unspecified atom stereocenters. The first-order valence-electron chi connectivity index (χ1n) is 6.35. The van der Waals surface area contributed by atoms with Crippen LogP contribution in [0.1, 0.15) is 18.9 Å². The van der Waals surface area contributed by atoms with Crippen molar-refractivity contribution >= 4 is 45.0 Å². The number of sulfone groups is 1. The van der Waals surface area contributed by atoms with E-state index in [1.165, 1.54) is 12.2 Å². The quantitative estimate of drug-likeness (QED) is 0.855. The lowest BCUT2D eigenvalue weighted by Crippen LogP contribution is -2.46. The topological polar surface area (TPSA) is 63.2 Å². The monoisotopic (exact) mass is 347 g/mol. The van der Waals surface area contributed by atoms with Crippen LogP contribution in [0.25, 0.3) is 6.08 Å². The van der Waals surface area contributed by atoms with Gasteiger partial charge in [0.15, 0.2) is 9.84 Å². The van der Waals surface area contributed by atoms with E-state index in [9.17, 15) is 13.2 Å². The summed E-state index contributed by atoms with van der Waals surface area (Å²) in [6, 6.07) is 5.07. The number of nitrogens with one attached hydrogen (secondary N) is 1. The van der Waals surface area contributed by atoms with E-state index >= 15 is 0 Å². The Balaban J connectivity index is 2.07. The Morgan fingerprint density at radius 1 is 1.33 bits per heavy atom. The number of amides is 1. The molecule has 1 N–H and O–H groups in total. The second-order valence-electron chi connectivity index (χ2n) is 5.36. The van der Waals surface area contributed by atoms with Crippen molar-refractivity contribution in [2.45, 2.75) is 18.9 Å². The molecule has 0 radical (unpaired) electrons. The van der Waals surface area contributed by atoms with Crippen LogP contribution in [0.15, 0.2) is 24.3 Å². The van der Waals surface area contributed by atoms with Crippen LogP contribution in [-0.4, -0.2) is 31.4 Å². The van der Waals surface area contributed by atoms with Crippen molar-refractivity contribution in [1.82, 2.24) is 5.32 Å². The van der Waals surface area contributed by atoms with Crippen LogP contribution in [0, 0.1) is 0 Å². The second-order valence-corrected chi connectivity index (χ2v) is 8.36. The predicted octanol–water partition coefficient (Wildman–Crippen LogP) is 2.70. The molecule has 114 valence electrons. The van der Waals surface area contributed by atoms with E-state index in [4.69, 9.17) is 23.2 Å². The van der Waals surface area contributed by atoms with E-state index in [1.54, 1.807) is 25.1 Å². The standard InChI is InChI=1S/C14H15Cl2NO3S/c1-14(7-8-21(19,20)9-14)17-13(18)6-5-10-11(15)3-2-4-12(10)16/h2-6H,7-9H2,1H3,(H,17,18). The number of benzene rings is 1. The highest BCUT2D eigenvalue weighted by molar-refractivity contribution is 7.91. The molecule has 1 amide bonds. The highest BCUT2D eigenvalue weighted by Gasteiger charge is 2.39. The van der Waals surface area contributed by atoms with Gasteiger partial charge in [-0.25, -0.2) is 8.42 Å². The normalized spacial score (nSPS) is 24.3. The summed E-state index contributed by atoms with van der Waals surface area (Å²) in [6.45, 7) is 1.73. The van der Waals surface area contributed by atoms with Gasteiger partial charge in [0, 0.05) is 21.7 Å². The maximum atomic E-state index is 11.9. The molecule has 1 atom stereocenters. The van der Waals surface area contributed by atoms with Gasteiger partial charge in [-0.2, -0.15) is 0 Å². The fourth-order valence-corrected chi connectivity index (χ4v) is 4.89. The molecule has 4 nitrogen and oxygen atoms in total. The zero-order valence-electron chi connectivity index (χ0n) is 11.4. The molecule has 0 spiro atoms. The molecule has 1 fully saturated rings. The number of rotatable bonds is 3. The molecule has 0 aromatic heterocycles. The largest absolute Gasteiger partial charge is 0.346 e. The van der Waals surface area contributed by atoms with Gasteiger partial charge in [0.05, 0.1) is 17.0 Å². The second kappa shape index (κ2) is 5.99. The fourth-order valence-electron chi connectivity index (χ4n) is 2.28. The lowest BCUT2D eigenvalue weighted by Gasteiger charge is -2.22. The van der Waals surface area contributed by atoms with Crippen molar-refractivity contribution in [2.24, 2.45) is 0 Å². The molecule has 0 aliphatic carbocycles. The maximum Gasteiger partial charge on any atom is 0.244 e. The molecule has 7 heteroatoms. The number of halogens is 2. The molecular formula is C14H15Cl2NO3S. The first kappa shape index (κ1) is 16.3. The molecule has 0 bridgehead atoms. The Hall–Kier alpha value is -1.04. The Morgan fingerprint density at radius 3 is 2.48 bits per heavy atom. The first-order valence-corrected chi connectivity index (χ1v) is 8.93. The molecule has 1 heterocycles. The fraction of sp³-hybridized carbons (Fsp3) is 0.357. The summed E-state index contributed by atoms with van der Waals surface area (Å²) in [7, 11) is -3.06. The Kier molecular flexibility index (Phi) is 4.66. The van der Waals surface area contributed by atoms with Gasteiger partial charge in [-0.1, -0.05) is 29.3 Å². The lowest BCUT2D eigenvalue weighted by molar-refractivity contribution is -0.117. The molecule has 0 saturated carbocycles. The Labute approximate surface area is 134 Å². The number of carbonyl (C=O) groups excluding carboxylic acids is 1. The summed E-state index contributed by atoms with van der Waals surface area (Å²) in [4.78, 5) is 11.9. The predicted molar refractivity (Wildman–Crippen MR) is 85.3 cm³/mol. The Morgan fingerprint density at radius 2 is 1.95 bits per heavy atom. The van der Waals surface area contributed by atoms with Crippen LogP contribution in [0.3, 0.4) is 0 Å². The van der Waals surface area contributed by atoms with Gasteiger partial charge in [-0.15, -0.1) is 0 Å². The van der Waals surface area contributed by atoms with Crippen molar-refractivity contribution in [3.05, 3.63) is 39.9 Å². The zero-order valence-corrected chi connectivity index (χ0v) is 13.7. The van der Waals surface area contributed by atoms with Crippen LogP contribution in [-0.2, 0) is 14.6 Å². The molecule has 1 saturated heterocycles. The minimum atomic E-state index is -3.06.